The normalized spacial score (nSPS) is 19.4. The van der Waals surface area contributed by atoms with Crippen LogP contribution in [-0.4, -0.2) is 28.0 Å². The second-order valence-electron chi connectivity index (χ2n) is 5.44. The van der Waals surface area contributed by atoms with Gasteiger partial charge in [-0.2, -0.15) is 0 Å². The van der Waals surface area contributed by atoms with E-state index >= 15 is 0 Å². The van der Waals surface area contributed by atoms with Crippen LogP contribution in [0.25, 0.3) is 5.69 Å². The van der Waals surface area contributed by atoms with Crippen molar-refractivity contribution in [3.8, 4) is 5.69 Å². The van der Waals surface area contributed by atoms with E-state index in [2.05, 4.69) is 21.7 Å². The van der Waals surface area contributed by atoms with Crippen molar-refractivity contribution >= 4 is 5.91 Å². The van der Waals surface area contributed by atoms with Gasteiger partial charge in [-0.1, -0.05) is 12.1 Å². The largest absolute Gasteiger partial charge is 0.348 e. The van der Waals surface area contributed by atoms with Gasteiger partial charge >= 0.3 is 0 Å². The van der Waals surface area contributed by atoms with Gasteiger partial charge < -0.3 is 15.2 Å². The third-order valence-corrected chi connectivity index (χ3v) is 3.91. The summed E-state index contributed by atoms with van der Waals surface area (Å²) in [5, 5.41) is 6.31. The van der Waals surface area contributed by atoms with Crippen LogP contribution in [0.3, 0.4) is 0 Å². The molecule has 0 aliphatic carbocycles. The topological polar surface area (TPSA) is 59.0 Å². The highest BCUT2D eigenvalue weighted by molar-refractivity contribution is 5.82. The number of nitrogens with one attached hydrogen (secondary N) is 2. The first-order valence-electron chi connectivity index (χ1n) is 7.36. The van der Waals surface area contributed by atoms with Crippen LogP contribution in [0.15, 0.2) is 43.0 Å². The van der Waals surface area contributed by atoms with E-state index in [1.165, 1.54) is 0 Å². The number of imidazole rings is 1. The van der Waals surface area contributed by atoms with Crippen LogP contribution in [0.5, 0.6) is 0 Å². The molecule has 1 aliphatic heterocycles. The van der Waals surface area contributed by atoms with Gasteiger partial charge in [-0.25, -0.2) is 4.98 Å². The fourth-order valence-corrected chi connectivity index (χ4v) is 2.67. The van der Waals surface area contributed by atoms with Crippen molar-refractivity contribution in [3.63, 3.8) is 0 Å². The fraction of sp³-hybridized carbons (Fsp3) is 0.375. The molecule has 3 rings (SSSR count). The van der Waals surface area contributed by atoms with E-state index in [-0.39, 0.29) is 18.0 Å². The Kier molecular flexibility index (Phi) is 4.01. The minimum Gasteiger partial charge on any atom is -0.348 e. The molecule has 1 saturated heterocycles. The van der Waals surface area contributed by atoms with E-state index in [9.17, 15) is 4.79 Å². The van der Waals surface area contributed by atoms with Crippen LogP contribution in [0.1, 0.15) is 31.4 Å². The molecule has 2 atom stereocenters. The van der Waals surface area contributed by atoms with Gasteiger partial charge in [0.1, 0.15) is 0 Å². The predicted molar refractivity (Wildman–Crippen MR) is 81.1 cm³/mol. The highest BCUT2D eigenvalue weighted by Crippen LogP contribution is 2.17. The van der Waals surface area contributed by atoms with Crippen molar-refractivity contribution in [2.45, 2.75) is 31.8 Å². The van der Waals surface area contributed by atoms with E-state index in [1.807, 2.05) is 35.9 Å². The molecule has 1 amide bonds. The lowest BCUT2D eigenvalue weighted by atomic mass is 10.1. The van der Waals surface area contributed by atoms with Crippen LogP contribution in [0.2, 0.25) is 0 Å². The Morgan fingerprint density at radius 2 is 2.43 bits per heavy atom. The number of amides is 1. The fourth-order valence-electron chi connectivity index (χ4n) is 2.67. The van der Waals surface area contributed by atoms with Gasteiger partial charge in [-0.05, 0) is 44.0 Å². The van der Waals surface area contributed by atoms with Crippen molar-refractivity contribution in [2.24, 2.45) is 0 Å². The zero-order valence-electron chi connectivity index (χ0n) is 12.1. The third-order valence-electron chi connectivity index (χ3n) is 3.91. The van der Waals surface area contributed by atoms with Gasteiger partial charge in [-0.15, -0.1) is 0 Å². The third kappa shape index (κ3) is 3.13. The number of benzene rings is 1. The van der Waals surface area contributed by atoms with Crippen molar-refractivity contribution in [2.75, 3.05) is 6.54 Å². The number of nitrogens with zero attached hydrogens (tertiary/aromatic N) is 2. The maximum Gasteiger partial charge on any atom is 0.237 e. The Morgan fingerprint density at radius 1 is 1.52 bits per heavy atom. The van der Waals surface area contributed by atoms with Crippen molar-refractivity contribution in [3.05, 3.63) is 48.5 Å². The minimum atomic E-state index is -0.0377. The van der Waals surface area contributed by atoms with E-state index in [1.54, 1.807) is 12.5 Å². The summed E-state index contributed by atoms with van der Waals surface area (Å²) in [7, 11) is 0. The second kappa shape index (κ2) is 6.10. The van der Waals surface area contributed by atoms with Gasteiger partial charge in [0.2, 0.25) is 5.91 Å². The predicted octanol–water partition coefficient (Wildman–Crippen LogP) is 1.80. The number of hydrogen-bond acceptors (Lipinski definition) is 3. The van der Waals surface area contributed by atoms with E-state index < -0.39 is 0 Å². The number of carbonyl (C=O) groups excluding carboxylic acids is 1. The molecule has 5 heteroatoms. The highest BCUT2D eigenvalue weighted by Gasteiger charge is 2.23. The molecule has 2 unspecified atom stereocenters. The zero-order chi connectivity index (χ0) is 14.7. The molecule has 110 valence electrons. The SMILES string of the molecule is CC(NC(=O)C1CCCN1)c1cccc(-n2ccnc2)c1. The summed E-state index contributed by atoms with van der Waals surface area (Å²) in [6.07, 6.45) is 7.43. The van der Waals surface area contributed by atoms with E-state index in [0.717, 1.165) is 30.6 Å². The molecule has 5 nitrogen and oxygen atoms in total. The van der Waals surface area contributed by atoms with Crippen molar-refractivity contribution in [1.29, 1.82) is 0 Å². The van der Waals surface area contributed by atoms with E-state index in [0.29, 0.717) is 0 Å². The molecule has 21 heavy (non-hydrogen) atoms. The standard InChI is InChI=1S/C16H20N4O/c1-12(19-16(21)15-6-3-7-18-15)13-4-2-5-14(10-13)20-9-8-17-11-20/h2,4-5,8-12,15,18H,3,6-7H2,1H3,(H,19,21). The first-order valence-corrected chi connectivity index (χ1v) is 7.36. The summed E-state index contributed by atoms with van der Waals surface area (Å²) in [6.45, 7) is 2.95. The zero-order valence-corrected chi connectivity index (χ0v) is 12.1. The molecule has 0 radical (unpaired) electrons. The van der Waals surface area contributed by atoms with Crippen LogP contribution < -0.4 is 10.6 Å². The monoisotopic (exact) mass is 284 g/mol. The van der Waals surface area contributed by atoms with Gasteiger partial charge in [0.05, 0.1) is 18.4 Å². The van der Waals surface area contributed by atoms with Gasteiger partial charge in [-0.3, -0.25) is 4.79 Å². The Bertz CT molecular complexity index is 602. The number of rotatable bonds is 4. The van der Waals surface area contributed by atoms with E-state index in [4.69, 9.17) is 0 Å². The molecule has 0 bridgehead atoms. The average molecular weight is 284 g/mol. The summed E-state index contributed by atoms with van der Waals surface area (Å²) in [5.41, 5.74) is 2.14. The molecule has 2 N–H and O–H groups in total. The van der Waals surface area contributed by atoms with Gasteiger partial charge in [0.25, 0.3) is 0 Å². The minimum absolute atomic E-state index is 0.0108. The molecule has 0 spiro atoms. The summed E-state index contributed by atoms with van der Waals surface area (Å²) >= 11 is 0. The Hall–Kier alpha value is -2.14. The summed E-state index contributed by atoms with van der Waals surface area (Å²) in [6, 6.07) is 8.09. The quantitative estimate of drug-likeness (QED) is 0.900. The maximum atomic E-state index is 12.2. The lowest BCUT2D eigenvalue weighted by molar-refractivity contribution is -0.123. The molecule has 1 aromatic heterocycles. The van der Waals surface area contributed by atoms with Crippen LogP contribution in [0.4, 0.5) is 0 Å². The highest BCUT2D eigenvalue weighted by atomic mass is 16.2. The molecule has 1 aliphatic rings. The molecular formula is C16H20N4O. The maximum absolute atomic E-state index is 12.2. The van der Waals surface area contributed by atoms with Gasteiger partial charge in [0, 0.05) is 18.1 Å². The van der Waals surface area contributed by atoms with Gasteiger partial charge in [0.15, 0.2) is 0 Å². The first-order chi connectivity index (χ1) is 10.2. The average Bonchev–Trinajstić information content (AvgIpc) is 3.20. The Morgan fingerprint density at radius 3 is 3.14 bits per heavy atom. The summed E-state index contributed by atoms with van der Waals surface area (Å²) < 4.78 is 1.95. The van der Waals surface area contributed by atoms with Crippen LogP contribution >= 0.6 is 0 Å². The van der Waals surface area contributed by atoms with Crippen molar-refractivity contribution in [1.82, 2.24) is 20.2 Å². The number of hydrogen-bond donors (Lipinski definition) is 2. The Labute approximate surface area is 124 Å². The molecule has 0 saturated carbocycles. The Balaban J connectivity index is 1.71. The lowest BCUT2D eigenvalue weighted by Gasteiger charge is -2.18. The first kappa shape index (κ1) is 13.8. The summed E-state index contributed by atoms with van der Waals surface area (Å²) in [4.78, 5) is 16.2. The summed E-state index contributed by atoms with van der Waals surface area (Å²) in [5.74, 6) is 0.0908. The number of carbonyl (C=O) groups is 1. The smallest absolute Gasteiger partial charge is 0.237 e. The lowest BCUT2D eigenvalue weighted by Crippen LogP contribution is -2.41. The number of aromatic nitrogens is 2. The van der Waals surface area contributed by atoms with Crippen LogP contribution in [-0.2, 0) is 4.79 Å². The molecular weight excluding hydrogens is 264 g/mol. The molecule has 1 aromatic carbocycles. The molecule has 2 heterocycles. The molecule has 1 fully saturated rings. The van der Waals surface area contributed by atoms with Crippen molar-refractivity contribution < 1.29 is 4.79 Å². The van der Waals surface area contributed by atoms with Crippen LogP contribution in [0, 0.1) is 0 Å². The molecule has 2 aromatic rings. The second-order valence-corrected chi connectivity index (χ2v) is 5.44.